The normalized spacial score (nSPS) is 14.6. The smallest absolute Gasteiger partial charge is 0.253 e. The molecule has 1 aliphatic rings. The number of nitrogens with one attached hydrogen (secondary N) is 3. The zero-order valence-corrected chi connectivity index (χ0v) is 18.4. The third-order valence-corrected chi connectivity index (χ3v) is 5.47. The van der Waals surface area contributed by atoms with Crippen LogP contribution >= 0.6 is 0 Å². The number of hydrogen-bond acceptors (Lipinski definition) is 3. The van der Waals surface area contributed by atoms with Gasteiger partial charge in [-0.3, -0.25) is 9.59 Å². The molecule has 30 heavy (non-hydrogen) atoms. The summed E-state index contributed by atoms with van der Waals surface area (Å²) in [5.41, 5.74) is 3.53. The van der Waals surface area contributed by atoms with Crippen LogP contribution in [0.5, 0.6) is 0 Å². The Morgan fingerprint density at radius 2 is 1.57 bits per heavy atom. The number of hydrogen-bond donors (Lipinski definition) is 3. The van der Waals surface area contributed by atoms with Crippen LogP contribution in [0, 0.1) is 5.92 Å². The van der Waals surface area contributed by atoms with Crippen LogP contribution in [0.1, 0.15) is 74.0 Å². The molecule has 0 unspecified atom stereocenters. The minimum Gasteiger partial charge on any atom is -0.349 e. The van der Waals surface area contributed by atoms with E-state index in [4.69, 9.17) is 0 Å². The third kappa shape index (κ3) is 5.92. The van der Waals surface area contributed by atoms with E-state index >= 15 is 0 Å². The van der Waals surface area contributed by atoms with Gasteiger partial charge in [-0.25, -0.2) is 0 Å². The van der Waals surface area contributed by atoms with Gasteiger partial charge in [0.2, 0.25) is 5.91 Å². The summed E-state index contributed by atoms with van der Waals surface area (Å²) < 4.78 is 0. The summed E-state index contributed by atoms with van der Waals surface area (Å²) in [7, 11) is 0. The molecule has 0 spiro atoms. The highest BCUT2D eigenvalue weighted by Gasteiger charge is 2.25. The Morgan fingerprint density at radius 3 is 2.17 bits per heavy atom. The molecular weight excluding hydrogens is 374 g/mol. The molecule has 0 saturated heterocycles. The van der Waals surface area contributed by atoms with Gasteiger partial charge in [0.1, 0.15) is 0 Å². The summed E-state index contributed by atoms with van der Waals surface area (Å²) in [6.07, 6.45) is 2.05. The van der Waals surface area contributed by atoms with Crippen LogP contribution in [-0.4, -0.2) is 24.4 Å². The van der Waals surface area contributed by atoms with Crippen LogP contribution < -0.4 is 16.0 Å². The molecule has 3 N–H and O–H groups in total. The molecule has 5 nitrogen and oxygen atoms in total. The lowest BCUT2D eigenvalue weighted by molar-refractivity contribution is -0.115. The number of benzene rings is 2. The molecule has 1 aliphatic carbocycles. The first kappa shape index (κ1) is 22.0. The summed E-state index contributed by atoms with van der Waals surface area (Å²) >= 11 is 0. The van der Waals surface area contributed by atoms with Crippen LogP contribution in [0.25, 0.3) is 0 Å². The van der Waals surface area contributed by atoms with Gasteiger partial charge in [0.25, 0.3) is 5.91 Å². The van der Waals surface area contributed by atoms with Crippen LogP contribution in [-0.2, 0) is 4.79 Å². The van der Waals surface area contributed by atoms with Gasteiger partial charge in [0.05, 0.1) is 17.8 Å². The van der Waals surface area contributed by atoms with E-state index in [2.05, 4.69) is 67.9 Å². The van der Waals surface area contributed by atoms with E-state index in [0.29, 0.717) is 23.1 Å². The molecule has 0 aliphatic heterocycles. The second kappa shape index (κ2) is 9.90. The van der Waals surface area contributed by atoms with Crippen molar-refractivity contribution in [1.29, 1.82) is 0 Å². The minimum absolute atomic E-state index is 0.0744. The van der Waals surface area contributed by atoms with Gasteiger partial charge < -0.3 is 16.0 Å². The van der Waals surface area contributed by atoms with Crippen LogP contribution in [0.4, 0.5) is 5.69 Å². The second-order valence-electron chi connectivity index (χ2n) is 8.77. The van der Waals surface area contributed by atoms with E-state index in [-0.39, 0.29) is 30.4 Å². The molecule has 3 rings (SSSR count). The molecule has 0 radical (unpaired) electrons. The number of carbonyl (C=O) groups excluding carboxylic acids is 2. The maximum absolute atomic E-state index is 12.6. The Balaban J connectivity index is 1.62. The van der Waals surface area contributed by atoms with Crippen LogP contribution in [0.3, 0.4) is 0 Å². The Bertz CT molecular complexity index is 870. The summed E-state index contributed by atoms with van der Waals surface area (Å²) in [4.78, 5) is 25.1. The monoisotopic (exact) mass is 407 g/mol. The fourth-order valence-corrected chi connectivity index (χ4v) is 3.50. The second-order valence-corrected chi connectivity index (χ2v) is 8.77. The van der Waals surface area contributed by atoms with E-state index in [0.717, 1.165) is 12.8 Å². The van der Waals surface area contributed by atoms with Crippen LogP contribution in [0.15, 0.2) is 48.5 Å². The van der Waals surface area contributed by atoms with Gasteiger partial charge >= 0.3 is 0 Å². The van der Waals surface area contributed by atoms with Crippen molar-refractivity contribution in [3.8, 4) is 0 Å². The van der Waals surface area contributed by atoms with Gasteiger partial charge in [-0.1, -0.05) is 64.1 Å². The Labute approximate surface area is 179 Å². The zero-order valence-electron chi connectivity index (χ0n) is 18.4. The lowest BCUT2D eigenvalue weighted by Crippen LogP contribution is -2.34. The fraction of sp³-hybridized carbons (Fsp3) is 0.440. The van der Waals surface area contributed by atoms with Gasteiger partial charge in [-0.2, -0.15) is 0 Å². The highest BCUT2D eigenvalue weighted by Crippen LogP contribution is 2.24. The fourth-order valence-electron chi connectivity index (χ4n) is 3.50. The molecule has 160 valence electrons. The molecule has 2 amide bonds. The molecule has 2 aromatic rings. The Kier molecular flexibility index (Phi) is 7.27. The molecular formula is C25H33N3O2. The molecule has 0 heterocycles. The largest absolute Gasteiger partial charge is 0.349 e. The van der Waals surface area contributed by atoms with Crippen molar-refractivity contribution in [2.75, 3.05) is 11.9 Å². The maximum Gasteiger partial charge on any atom is 0.253 e. The summed E-state index contributed by atoms with van der Waals surface area (Å²) in [5, 5.41) is 9.25. The summed E-state index contributed by atoms with van der Waals surface area (Å²) in [6.45, 7) is 8.82. The quantitative estimate of drug-likeness (QED) is 0.568. The SMILES string of the molecule is CC(C)c1ccc([C@H](NCC(=O)Nc2ccccc2C(=O)NC2CC2)C(C)C)cc1. The molecule has 0 aromatic heterocycles. The van der Waals surface area contributed by atoms with Gasteiger partial charge in [0.15, 0.2) is 0 Å². The Hall–Kier alpha value is -2.66. The standard InChI is InChI=1S/C25H33N3O2/c1-16(2)18-9-11-19(12-10-18)24(17(3)4)26-15-23(29)28-22-8-6-5-7-21(22)25(30)27-20-13-14-20/h5-12,16-17,20,24,26H,13-15H2,1-4H3,(H,27,30)(H,28,29)/t24-/m1/s1. The predicted molar refractivity (Wildman–Crippen MR) is 122 cm³/mol. The molecule has 0 bridgehead atoms. The number of amides is 2. The average Bonchev–Trinajstić information content (AvgIpc) is 3.52. The van der Waals surface area contributed by atoms with Gasteiger partial charge in [0, 0.05) is 12.1 Å². The number of rotatable bonds is 9. The van der Waals surface area contributed by atoms with E-state index in [1.807, 2.05) is 12.1 Å². The van der Waals surface area contributed by atoms with Gasteiger partial charge in [-0.15, -0.1) is 0 Å². The molecule has 5 heteroatoms. The molecule has 1 fully saturated rings. The lowest BCUT2D eigenvalue weighted by Gasteiger charge is -2.23. The highest BCUT2D eigenvalue weighted by molar-refractivity contribution is 6.04. The first-order valence-corrected chi connectivity index (χ1v) is 10.9. The first-order valence-electron chi connectivity index (χ1n) is 10.9. The van der Waals surface area contributed by atoms with E-state index < -0.39 is 0 Å². The predicted octanol–water partition coefficient (Wildman–Crippen LogP) is 4.63. The first-order chi connectivity index (χ1) is 14.3. The van der Waals surface area contributed by atoms with E-state index in [1.54, 1.807) is 12.1 Å². The van der Waals surface area contributed by atoms with Crippen LogP contribution in [0.2, 0.25) is 0 Å². The zero-order chi connectivity index (χ0) is 21.7. The van der Waals surface area contributed by atoms with E-state index in [1.165, 1.54) is 11.1 Å². The molecule has 1 atom stereocenters. The van der Waals surface area contributed by atoms with Crippen molar-refractivity contribution >= 4 is 17.5 Å². The highest BCUT2D eigenvalue weighted by atomic mass is 16.2. The molecule has 2 aromatic carbocycles. The van der Waals surface area contributed by atoms with Crippen molar-refractivity contribution in [1.82, 2.24) is 10.6 Å². The number of carbonyl (C=O) groups is 2. The summed E-state index contributed by atoms with van der Waals surface area (Å²) in [5.74, 6) is 0.532. The van der Waals surface area contributed by atoms with Crippen molar-refractivity contribution in [2.45, 2.75) is 58.5 Å². The summed E-state index contributed by atoms with van der Waals surface area (Å²) in [6, 6.07) is 16.1. The Morgan fingerprint density at radius 1 is 0.933 bits per heavy atom. The minimum atomic E-state index is -0.161. The van der Waals surface area contributed by atoms with Crippen molar-refractivity contribution in [2.24, 2.45) is 5.92 Å². The van der Waals surface area contributed by atoms with Crippen molar-refractivity contribution in [3.05, 3.63) is 65.2 Å². The van der Waals surface area contributed by atoms with Crippen molar-refractivity contribution < 1.29 is 9.59 Å². The number of para-hydroxylation sites is 1. The van der Waals surface area contributed by atoms with E-state index in [9.17, 15) is 9.59 Å². The lowest BCUT2D eigenvalue weighted by atomic mass is 9.93. The van der Waals surface area contributed by atoms with Crippen molar-refractivity contribution in [3.63, 3.8) is 0 Å². The maximum atomic E-state index is 12.6. The average molecular weight is 408 g/mol. The third-order valence-electron chi connectivity index (χ3n) is 5.47. The molecule has 1 saturated carbocycles. The topological polar surface area (TPSA) is 70.2 Å². The van der Waals surface area contributed by atoms with Gasteiger partial charge in [-0.05, 0) is 47.9 Å². The number of anilines is 1.